The minimum atomic E-state index is 0. The van der Waals surface area contributed by atoms with E-state index in [4.69, 9.17) is 4.74 Å². The van der Waals surface area contributed by atoms with Crippen LogP contribution >= 0.6 is 24.0 Å². The lowest BCUT2D eigenvalue weighted by atomic mass is 9.57. The fraction of sp³-hybridized carbons (Fsp3) is 0.696. The largest absolute Gasteiger partial charge is 0.377 e. The number of ether oxygens (including phenoxy) is 1. The quantitative estimate of drug-likeness (QED) is 0.366. The van der Waals surface area contributed by atoms with Gasteiger partial charge in [-0.3, -0.25) is 9.89 Å². The van der Waals surface area contributed by atoms with Crippen molar-refractivity contribution in [1.29, 1.82) is 0 Å². The predicted octanol–water partition coefficient (Wildman–Crippen LogP) is 3.81. The lowest BCUT2D eigenvalue weighted by Gasteiger charge is -2.55. The molecule has 2 heterocycles. The van der Waals surface area contributed by atoms with Gasteiger partial charge in [0.25, 0.3) is 0 Å². The highest BCUT2D eigenvalue weighted by Gasteiger charge is 2.59. The highest BCUT2D eigenvalue weighted by Crippen LogP contribution is 2.52. The Morgan fingerprint density at radius 2 is 1.83 bits per heavy atom. The van der Waals surface area contributed by atoms with Crippen LogP contribution in [0.3, 0.4) is 0 Å². The molecular formula is C23H37IN4O. The van der Waals surface area contributed by atoms with E-state index >= 15 is 0 Å². The number of halogens is 1. The number of fused-ring (bicyclic) bond motifs is 1. The van der Waals surface area contributed by atoms with Gasteiger partial charge in [-0.05, 0) is 31.7 Å². The molecule has 0 bridgehead atoms. The summed E-state index contributed by atoms with van der Waals surface area (Å²) < 4.78 is 5.93. The van der Waals surface area contributed by atoms with Crippen molar-refractivity contribution in [3.8, 4) is 0 Å². The molecule has 4 rings (SSSR count). The van der Waals surface area contributed by atoms with Gasteiger partial charge in [0, 0.05) is 56.2 Å². The topological polar surface area (TPSA) is 48.9 Å². The monoisotopic (exact) mass is 512 g/mol. The Balaban J connectivity index is 0.00000240. The molecule has 1 aromatic carbocycles. The molecule has 2 saturated heterocycles. The number of piperidine rings is 1. The van der Waals surface area contributed by atoms with E-state index in [0.717, 1.165) is 38.5 Å². The van der Waals surface area contributed by atoms with Gasteiger partial charge in [0.1, 0.15) is 0 Å². The third kappa shape index (κ3) is 4.59. The minimum Gasteiger partial charge on any atom is -0.377 e. The molecule has 4 atom stereocenters. The number of hydrogen-bond donors (Lipinski definition) is 2. The van der Waals surface area contributed by atoms with Crippen molar-refractivity contribution in [2.24, 2.45) is 16.3 Å². The second-order valence-electron chi connectivity index (χ2n) is 9.30. The van der Waals surface area contributed by atoms with Gasteiger partial charge in [-0.25, -0.2) is 0 Å². The average Bonchev–Trinajstić information content (AvgIpc) is 3.19. The SMILES string of the molecule is CN=C(NC1CCN(C(C)c2ccccc2)CC1)NC1C2CCOC2C1(C)C.I. The van der Waals surface area contributed by atoms with E-state index in [1.807, 2.05) is 7.05 Å². The lowest BCUT2D eigenvalue weighted by molar-refractivity contribution is -0.106. The van der Waals surface area contributed by atoms with Crippen LogP contribution < -0.4 is 10.6 Å². The maximum Gasteiger partial charge on any atom is 0.191 e. The van der Waals surface area contributed by atoms with Gasteiger partial charge in [0.2, 0.25) is 0 Å². The van der Waals surface area contributed by atoms with Crippen LogP contribution in [0.2, 0.25) is 0 Å². The van der Waals surface area contributed by atoms with Crippen LogP contribution in [-0.2, 0) is 4.74 Å². The Labute approximate surface area is 193 Å². The Hall–Kier alpha value is -0.860. The maximum atomic E-state index is 5.93. The van der Waals surface area contributed by atoms with E-state index in [0.29, 0.717) is 30.1 Å². The van der Waals surface area contributed by atoms with E-state index in [1.165, 1.54) is 12.0 Å². The first-order chi connectivity index (χ1) is 13.5. The fourth-order valence-corrected chi connectivity index (χ4v) is 5.50. The number of hydrogen-bond acceptors (Lipinski definition) is 3. The van der Waals surface area contributed by atoms with E-state index in [9.17, 15) is 0 Å². The Kier molecular flexibility index (Phi) is 7.49. The molecule has 0 amide bonds. The number of nitrogens with zero attached hydrogens (tertiary/aromatic N) is 2. The highest BCUT2D eigenvalue weighted by molar-refractivity contribution is 14.0. The predicted molar refractivity (Wildman–Crippen MR) is 130 cm³/mol. The number of rotatable bonds is 4. The zero-order valence-electron chi connectivity index (χ0n) is 18.2. The maximum absolute atomic E-state index is 5.93. The number of guanidine groups is 1. The van der Waals surface area contributed by atoms with Crippen molar-refractivity contribution in [2.75, 3.05) is 26.7 Å². The van der Waals surface area contributed by atoms with Crippen LogP contribution in [0.1, 0.15) is 51.6 Å². The minimum absolute atomic E-state index is 0. The first-order valence-electron chi connectivity index (χ1n) is 10.9. The summed E-state index contributed by atoms with van der Waals surface area (Å²) in [6.45, 7) is 10.1. The number of benzene rings is 1. The van der Waals surface area contributed by atoms with Crippen LogP contribution in [-0.4, -0.2) is 55.8 Å². The molecule has 0 radical (unpaired) electrons. The first-order valence-corrected chi connectivity index (χ1v) is 10.9. The molecule has 1 aliphatic carbocycles. The molecule has 162 valence electrons. The van der Waals surface area contributed by atoms with Crippen LogP contribution in [0, 0.1) is 11.3 Å². The molecule has 0 spiro atoms. The number of aliphatic imine (C=N–C) groups is 1. The molecule has 5 nitrogen and oxygen atoms in total. The molecule has 3 aliphatic rings. The molecule has 2 N–H and O–H groups in total. The lowest BCUT2D eigenvalue weighted by Crippen LogP contribution is -2.68. The summed E-state index contributed by atoms with van der Waals surface area (Å²) in [5, 5.41) is 7.41. The van der Waals surface area contributed by atoms with Gasteiger partial charge in [-0.15, -0.1) is 24.0 Å². The number of nitrogens with one attached hydrogen (secondary N) is 2. The van der Waals surface area contributed by atoms with Gasteiger partial charge in [0.05, 0.1) is 6.10 Å². The van der Waals surface area contributed by atoms with Gasteiger partial charge in [0.15, 0.2) is 5.96 Å². The van der Waals surface area contributed by atoms with Crippen molar-refractivity contribution >= 4 is 29.9 Å². The highest BCUT2D eigenvalue weighted by atomic mass is 127. The molecule has 6 heteroatoms. The van der Waals surface area contributed by atoms with Gasteiger partial charge in [-0.2, -0.15) is 0 Å². The third-order valence-electron chi connectivity index (χ3n) is 7.32. The molecule has 1 aromatic rings. The fourth-order valence-electron chi connectivity index (χ4n) is 5.50. The van der Waals surface area contributed by atoms with Gasteiger partial charge >= 0.3 is 0 Å². The zero-order valence-corrected chi connectivity index (χ0v) is 20.6. The molecule has 4 unspecified atom stereocenters. The Bertz CT molecular complexity index is 687. The molecule has 0 aromatic heterocycles. The molecule has 3 fully saturated rings. The van der Waals surface area contributed by atoms with Crippen LogP contribution in [0.4, 0.5) is 0 Å². The summed E-state index contributed by atoms with van der Waals surface area (Å²) in [6, 6.07) is 12.3. The Morgan fingerprint density at radius 3 is 2.48 bits per heavy atom. The van der Waals surface area contributed by atoms with E-state index in [2.05, 4.69) is 71.6 Å². The van der Waals surface area contributed by atoms with Gasteiger partial charge < -0.3 is 15.4 Å². The van der Waals surface area contributed by atoms with Crippen LogP contribution in [0.15, 0.2) is 35.3 Å². The van der Waals surface area contributed by atoms with E-state index < -0.39 is 0 Å². The normalized spacial score (nSPS) is 30.6. The second-order valence-corrected chi connectivity index (χ2v) is 9.30. The first kappa shape index (κ1) is 22.8. The van der Waals surface area contributed by atoms with Crippen molar-refractivity contribution in [3.05, 3.63) is 35.9 Å². The summed E-state index contributed by atoms with van der Waals surface area (Å²) in [7, 11) is 1.89. The van der Waals surface area contributed by atoms with E-state index in [1.54, 1.807) is 0 Å². The number of likely N-dealkylation sites (tertiary alicyclic amines) is 1. The summed E-state index contributed by atoms with van der Waals surface area (Å²) in [5.74, 6) is 1.58. The molecule has 29 heavy (non-hydrogen) atoms. The van der Waals surface area contributed by atoms with Crippen LogP contribution in [0.5, 0.6) is 0 Å². The molecular weight excluding hydrogens is 475 g/mol. The summed E-state index contributed by atoms with van der Waals surface area (Å²) in [4.78, 5) is 7.12. The standard InChI is InChI=1S/C23H36N4O.HI/c1-16(17-8-6-5-7-9-17)27-13-10-18(11-14-27)25-22(24-4)26-20-19-12-15-28-21(19)23(20,2)3;/h5-9,16,18-21H,10-15H2,1-4H3,(H2,24,25,26);1H. The van der Waals surface area contributed by atoms with Crippen molar-refractivity contribution in [3.63, 3.8) is 0 Å². The van der Waals surface area contributed by atoms with Gasteiger partial charge in [-0.1, -0.05) is 44.2 Å². The molecule has 1 saturated carbocycles. The third-order valence-corrected chi connectivity index (χ3v) is 7.32. The summed E-state index contributed by atoms with van der Waals surface area (Å²) in [5.41, 5.74) is 1.58. The van der Waals surface area contributed by atoms with E-state index in [-0.39, 0.29) is 29.4 Å². The van der Waals surface area contributed by atoms with Crippen molar-refractivity contribution in [2.45, 2.75) is 64.3 Å². The smallest absolute Gasteiger partial charge is 0.191 e. The summed E-state index contributed by atoms with van der Waals surface area (Å²) in [6.07, 6.45) is 3.88. The second kappa shape index (κ2) is 9.52. The molecule has 2 aliphatic heterocycles. The average molecular weight is 512 g/mol. The van der Waals surface area contributed by atoms with Crippen LogP contribution in [0.25, 0.3) is 0 Å². The van der Waals surface area contributed by atoms with Crippen molar-refractivity contribution in [1.82, 2.24) is 15.5 Å². The van der Waals surface area contributed by atoms with Crippen molar-refractivity contribution < 1.29 is 4.74 Å². The Morgan fingerprint density at radius 1 is 1.14 bits per heavy atom. The zero-order chi connectivity index (χ0) is 19.7. The summed E-state index contributed by atoms with van der Waals surface area (Å²) >= 11 is 0.